The predicted molar refractivity (Wildman–Crippen MR) is 86.4 cm³/mol. The molecule has 3 heterocycles. The molecular formula is C17H20N4O2. The molecule has 6 nitrogen and oxygen atoms in total. The Bertz CT molecular complexity index is 663. The van der Waals surface area contributed by atoms with Crippen molar-refractivity contribution in [3.05, 3.63) is 48.2 Å². The number of hydrogen-bond acceptors (Lipinski definition) is 6. The number of rotatable bonds is 4. The number of aromatic nitrogens is 3. The van der Waals surface area contributed by atoms with Gasteiger partial charge in [-0.3, -0.25) is 4.98 Å². The summed E-state index contributed by atoms with van der Waals surface area (Å²) in [5, 5.41) is 0. The van der Waals surface area contributed by atoms with Gasteiger partial charge < -0.3 is 9.64 Å². The van der Waals surface area contributed by atoms with Crippen molar-refractivity contribution in [2.45, 2.75) is 25.7 Å². The lowest BCUT2D eigenvalue weighted by atomic mass is 9.91. The maximum absolute atomic E-state index is 11.8. The molecule has 3 rings (SSSR count). The van der Waals surface area contributed by atoms with Gasteiger partial charge in [0.1, 0.15) is 5.82 Å². The first kappa shape index (κ1) is 15.4. The number of esters is 1. The Kier molecular flexibility index (Phi) is 4.80. The zero-order chi connectivity index (χ0) is 16.1. The molecule has 0 amide bonds. The number of nitrogens with zero attached hydrogens (tertiary/aromatic N) is 4. The quantitative estimate of drug-likeness (QED) is 0.808. The number of pyridine rings is 1. The highest BCUT2D eigenvalue weighted by Crippen LogP contribution is 2.28. The molecule has 1 aliphatic heterocycles. The van der Waals surface area contributed by atoms with Gasteiger partial charge >= 0.3 is 5.97 Å². The van der Waals surface area contributed by atoms with E-state index in [-0.39, 0.29) is 5.82 Å². The van der Waals surface area contributed by atoms with Crippen molar-refractivity contribution >= 4 is 11.8 Å². The van der Waals surface area contributed by atoms with Crippen LogP contribution in [0.4, 0.5) is 5.82 Å². The van der Waals surface area contributed by atoms with Gasteiger partial charge in [0.05, 0.1) is 6.61 Å². The molecule has 0 aromatic carbocycles. The standard InChI is InChI=1S/C17H20N4O2/c1-2-23-17(22)16-19-10-7-15(20-16)21-11-3-4-14(12-21)13-5-8-18-9-6-13/h5-10,14H,2-4,11-12H2,1H3. The second kappa shape index (κ2) is 7.17. The summed E-state index contributed by atoms with van der Waals surface area (Å²) in [6.07, 6.45) is 7.52. The van der Waals surface area contributed by atoms with Crippen molar-refractivity contribution in [1.82, 2.24) is 15.0 Å². The van der Waals surface area contributed by atoms with Gasteiger partial charge in [-0.25, -0.2) is 14.8 Å². The minimum atomic E-state index is -0.475. The lowest BCUT2D eigenvalue weighted by Gasteiger charge is -2.33. The van der Waals surface area contributed by atoms with Crippen LogP contribution < -0.4 is 4.90 Å². The average molecular weight is 312 g/mol. The Labute approximate surface area is 135 Å². The summed E-state index contributed by atoms with van der Waals surface area (Å²) in [5.74, 6) is 0.877. The van der Waals surface area contributed by atoms with Crippen molar-refractivity contribution in [3.63, 3.8) is 0 Å². The third-order valence-electron chi connectivity index (χ3n) is 4.02. The van der Waals surface area contributed by atoms with Crippen molar-refractivity contribution < 1.29 is 9.53 Å². The molecule has 1 unspecified atom stereocenters. The predicted octanol–water partition coefficient (Wildman–Crippen LogP) is 2.43. The first-order valence-electron chi connectivity index (χ1n) is 7.93. The number of piperidine rings is 1. The first-order chi connectivity index (χ1) is 11.3. The van der Waals surface area contributed by atoms with Crippen molar-refractivity contribution in [1.29, 1.82) is 0 Å². The Balaban J connectivity index is 1.76. The first-order valence-corrected chi connectivity index (χ1v) is 7.93. The van der Waals surface area contributed by atoms with Crippen LogP contribution in [0.15, 0.2) is 36.8 Å². The lowest BCUT2D eigenvalue weighted by molar-refractivity contribution is 0.0512. The SMILES string of the molecule is CCOC(=O)c1nccc(N2CCCC(c3ccncc3)C2)n1. The van der Waals surface area contributed by atoms with Gasteiger partial charge in [-0.15, -0.1) is 0 Å². The van der Waals surface area contributed by atoms with E-state index in [2.05, 4.69) is 32.0 Å². The average Bonchev–Trinajstić information content (AvgIpc) is 2.63. The van der Waals surface area contributed by atoms with E-state index in [1.54, 1.807) is 13.1 Å². The molecule has 0 spiro atoms. The van der Waals surface area contributed by atoms with E-state index in [0.29, 0.717) is 12.5 Å². The molecule has 0 aliphatic carbocycles. The molecule has 1 fully saturated rings. The van der Waals surface area contributed by atoms with Crippen LogP contribution in [0.25, 0.3) is 0 Å². The summed E-state index contributed by atoms with van der Waals surface area (Å²) in [6, 6.07) is 5.98. The molecular weight excluding hydrogens is 292 g/mol. The molecule has 0 bridgehead atoms. The molecule has 0 radical (unpaired) electrons. The molecule has 1 saturated heterocycles. The summed E-state index contributed by atoms with van der Waals surface area (Å²) in [5.41, 5.74) is 1.30. The zero-order valence-electron chi connectivity index (χ0n) is 13.2. The van der Waals surface area contributed by atoms with Crippen molar-refractivity contribution in [2.75, 3.05) is 24.6 Å². The van der Waals surface area contributed by atoms with Crippen LogP contribution in [0.3, 0.4) is 0 Å². The third-order valence-corrected chi connectivity index (χ3v) is 4.02. The summed E-state index contributed by atoms with van der Waals surface area (Å²) < 4.78 is 4.97. The Morgan fingerprint density at radius 3 is 2.91 bits per heavy atom. The molecule has 2 aromatic rings. The highest BCUT2D eigenvalue weighted by Gasteiger charge is 2.23. The maximum Gasteiger partial charge on any atom is 0.376 e. The number of hydrogen-bond donors (Lipinski definition) is 0. The van der Waals surface area contributed by atoms with E-state index < -0.39 is 5.97 Å². The van der Waals surface area contributed by atoms with Crippen LogP contribution in [0.2, 0.25) is 0 Å². The minimum Gasteiger partial charge on any atom is -0.460 e. The van der Waals surface area contributed by atoms with E-state index >= 15 is 0 Å². The van der Waals surface area contributed by atoms with Gasteiger partial charge in [-0.05, 0) is 43.5 Å². The molecule has 1 atom stereocenters. The van der Waals surface area contributed by atoms with Crippen molar-refractivity contribution in [2.24, 2.45) is 0 Å². The number of carbonyl (C=O) groups excluding carboxylic acids is 1. The molecule has 23 heavy (non-hydrogen) atoms. The van der Waals surface area contributed by atoms with Crippen LogP contribution in [0, 0.1) is 0 Å². The fourth-order valence-corrected chi connectivity index (χ4v) is 2.91. The largest absolute Gasteiger partial charge is 0.460 e. The summed E-state index contributed by atoms with van der Waals surface area (Å²) in [6.45, 7) is 3.90. The fourth-order valence-electron chi connectivity index (χ4n) is 2.91. The van der Waals surface area contributed by atoms with E-state index in [1.807, 2.05) is 18.5 Å². The summed E-state index contributed by atoms with van der Waals surface area (Å²) in [7, 11) is 0. The molecule has 6 heteroatoms. The van der Waals surface area contributed by atoms with Crippen LogP contribution in [0.5, 0.6) is 0 Å². The van der Waals surface area contributed by atoms with Gasteiger partial charge in [0.2, 0.25) is 5.82 Å². The molecule has 2 aromatic heterocycles. The van der Waals surface area contributed by atoms with E-state index in [4.69, 9.17) is 4.74 Å². The Morgan fingerprint density at radius 1 is 1.30 bits per heavy atom. The van der Waals surface area contributed by atoms with Gasteiger partial charge in [0.15, 0.2) is 0 Å². The Morgan fingerprint density at radius 2 is 2.13 bits per heavy atom. The van der Waals surface area contributed by atoms with Gasteiger partial charge in [-0.1, -0.05) is 0 Å². The monoisotopic (exact) mass is 312 g/mol. The highest BCUT2D eigenvalue weighted by molar-refractivity contribution is 5.85. The van der Waals surface area contributed by atoms with E-state index in [0.717, 1.165) is 31.7 Å². The zero-order valence-corrected chi connectivity index (χ0v) is 13.2. The second-order valence-corrected chi connectivity index (χ2v) is 5.52. The van der Waals surface area contributed by atoms with E-state index in [1.165, 1.54) is 5.56 Å². The van der Waals surface area contributed by atoms with Crippen LogP contribution in [-0.4, -0.2) is 40.6 Å². The topological polar surface area (TPSA) is 68.2 Å². The van der Waals surface area contributed by atoms with Crippen LogP contribution in [0.1, 0.15) is 41.9 Å². The second-order valence-electron chi connectivity index (χ2n) is 5.52. The van der Waals surface area contributed by atoms with Gasteiger partial charge in [0, 0.05) is 37.6 Å². The lowest BCUT2D eigenvalue weighted by Crippen LogP contribution is -2.35. The minimum absolute atomic E-state index is 0.121. The smallest absolute Gasteiger partial charge is 0.376 e. The van der Waals surface area contributed by atoms with Crippen LogP contribution >= 0.6 is 0 Å². The molecule has 1 aliphatic rings. The number of anilines is 1. The third kappa shape index (κ3) is 3.64. The highest BCUT2D eigenvalue weighted by atomic mass is 16.5. The summed E-state index contributed by atoms with van der Waals surface area (Å²) in [4.78, 5) is 26.5. The molecule has 120 valence electrons. The number of carbonyl (C=O) groups is 1. The van der Waals surface area contributed by atoms with Gasteiger partial charge in [-0.2, -0.15) is 0 Å². The summed E-state index contributed by atoms with van der Waals surface area (Å²) >= 11 is 0. The number of ether oxygens (including phenoxy) is 1. The maximum atomic E-state index is 11.8. The van der Waals surface area contributed by atoms with E-state index in [9.17, 15) is 4.79 Å². The molecule has 0 N–H and O–H groups in total. The Hall–Kier alpha value is -2.50. The normalized spacial score (nSPS) is 17.8. The van der Waals surface area contributed by atoms with Crippen LogP contribution in [-0.2, 0) is 4.74 Å². The fraction of sp³-hybridized carbons (Fsp3) is 0.412. The molecule has 0 saturated carbocycles. The van der Waals surface area contributed by atoms with Gasteiger partial charge in [0.25, 0.3) is 0 Å². The van der Waals surface area contributed by atoms with Crippen molar-refractivity contribution in [3.8, 4) is 0 Å².